The van der Waals surface area contributed by atoms with Crippen molar-refractivity contribution in [1.82, 2.24) is 4.90 Å². The monoisotopic (exact) mass is 378 g/mol. The Bertz CT molecular complexity index is 779. The first kappa shape index (κ1) is 18.1. The summed E-state index contributed by atoms with van der Waals surface area (Å²) in [6.07, 6.45) is 0.934. The first-order chi connectivity index (χ1) is 11.9. The first-order valence-corrected chi connectivity index (χ1v) is 8.89. The maximum Gasteiger partial charge on any atom is 0.253 e. The van der Waals surface area contributed by atoms with Gasteiger partial charge in [-0.1, -0.05) is 36.2 Å². The van der Waals surface area contributed by atoms with Gasteiger partial charge in [0.25, 0.3) is 5.91 Å². The van der Waals surface area contributed by atoms with Crippen LogP contribution in [0.25, 0.3) is 0 Å². The molecule has 1 aliphatic heterocycles. The fourth-order valence-corrected chi connectivity index (χ4v) is 3.23. The second kappa shape index (κ2) is 7.24. The lowest BCUT2D eigenvalue weighted by molar-refractivity contribution is 0.0777. The van der Waals surface area contributed by atoms with Gasteiger partial charge in [-0.05, 0) is 54.8 Å². The summed E-state index contributed by atoms with van der Waals surface area (Å²) in [5, 5.41) is 0.797. The second-order valence-corrected chi connectivity index (χ2v) is 7.46. The third-order valence-corrected chi connectivity index (χ3v) is 5.38. The molecular formula is C19H20Cl2N2O2. The predicted octanol–water partition coefficient (Wildman–Crippen LogP) is 4.60. The molecule has 0 saturated carbocycles. The second-order valence-electron chi connectivity index (χ2n) is 6.67. The molecule has 1 aliphatic rings. The fraction of sp³-hybridized carbons (Fsp3) is 0.316. The van der Waals surface area contributed by atoms with E-state index in [2.05, 4.69) is 6.92 Å². The van der Waals surface area contributed by atoms with Crippen molar-refractivity contribution < 1.29 is 9.53 Å². The van der Waals surface area contributed by atoms with Crippen molar-refractivity contribution >= 4 is 29.1 Å². The number of rotatable bonds is 4. The van der Waals surface area contributed by atoms with Gasteiger partial charge in [0.2, 0.25) is 0 Å². The first-order valence-electron chi connectivity index (χ1n) is 8.13. The van der Waals surface area contributed by atoms with Crippen molar-refractivity contribution in [2.75, 3.05) is 19.6 Å². The fourth-order valence-electron chi connectivity index (χ4n) is 2.90. The van der Waals surface area contributed by atoms with Crippen LogP contribution in [0.2, 0.25) is 10.0 Å². The molecule has 1 unspecified atom stereocenters. The molecule has 0 aliphatic carbocycles. The van der Waals surface area contributed by atoms with Crippen molar-refractivity contribution in [3.8, 4) is 11.5 Å². The zero-order chi connectivity index (χ0) is 18.0. The van der Waals surface area contributed by atoms with Gasteiger partial charge < -0.3 is 15.4 Å². The number of carbonyl (C=O) groups excluding carboxylic acids is 1. The van der Waals surface area contributed by atoms with Gasteiger partial charge in [0, 0.05) is 18.7 Å². The van der Waals surface area contributed by atoms with Gasteiger partial charge in [0.05, 0.1) is 5.02 Å². The van der Waals surface area contributed by atoms with E-state index in [9.17, 15) is 4.79 Å². The largest absolute Gasteiger partial charge is 0.456 e. The molecule has 0 aromatic heterocycles. The van der Waals surface area contributed by atoms with E-state index >= 15 is 0 Å². The number of nitrogens with two attached hydrogens (primary N) is 1. The minimum Gasteiger partial charge on any atom is -0.456 e. The molecule has 1 saturated heterocycles. The molecule has 2 aromatic rings. The lowest BCUT2D eigenvalue weighted by Crippen LogP contribution is -2.34. The molecular weight excluding hydrogens is 359 g/mol. The summed E-state index contributed by atoms with van der Waals surface area (Å²) in [6.45, 7) is 4.14. The Morgan fingerprint density at radius 3 is 2.60 bits per heavy atom. The minimum absolute atomic E-state index is 0.0159. The average Bonchev–Trinajstić information content (AvgIpc) is 3.02. The van der Waals surface area contributed by atoms with Crippen molar-refractivity contribution in [2.24, 2.45) is 11.1 Å². The molecule has 132 valence electrons. The van der Waals surface area contributed by atoms with Crippen LogP contribution in [0.3, 0.4) is 0 Å². The quantitative estimate of drug-likeness (QED) is 0.845. The Labute approximate surface area is 157 Å². The van der Waals surface area contributed by atoms with Crippen molar-refractivity contribution in [2.45, 2.75) is 13.3 Å². The molecule has 2 aromatic carbocycles. The number of ether oxygens (including phenoxy) is 1. The van der Waals surface area contributed by atoms with E-state index in [1.165, 1.54) is 0 Å². The molecule has 1 amide bonds. The SMILES string of the molecule is CC1(CN)CCN(C(=O)c2ccc(Oc3cccc(Cl)c3Cl)cc2)C1. The molecule has 1 heterocycles. The van der Waals surface area contributed by atoms with Crippen molar-refractivity contribution in [3.05, 3.63) is 58.1 Å². The lowest BCUT2D eigenvalue weighted by atomic mass is 9.90. The summed E-state index contributed by atoms with van der Waals surface area (Å²) in [6, 6.07) is 12.2. The summed E-state index contributed by atoms with van der Waals surface area (Å²) in [7, 11) is 0. The van der Waals surface area contributed by atoms with Gasteiger partial charge in [0.1, 0.15) is 16.5 Å². The zero-order valence-corrected chi connectivity index (χ0v) is 15.5. The van der Waals surface area contributed by atoms with Gasteiger partial charge in [-0.2, -0.15) is 0 Å². The smallest absolute Gasteiger partial charge is 0.253 e. The summed E-state index contributed by atoms with van der Waals surface area (Å²) >= 11 is 12.1. The lowest BCUT2D eigenvalue weighted by Gasteiger charge is -2.22. The van der Waals surface area contributed by atoms with Gasteiger partial charge in [-0.3, -0.25) is 4.79 Å². The third-order valence-electron chi connectivity index (χ3n) is 4.58. The number of nitrogens with zero attached hydrogens (tertiary/aromatic N) is 1. The van der Waals surface area contributed by atoms with Crippen molar-refractivity contribution in [3.63, 3.8) is 0 Å². The van der Waals surface area contributed by atoms with Gasteiger partial charge in [-0.15, -0.1) is 0 Å². The maximum absolute atomic E-state index is 12.6. The summed E-state index contributed by atoms with van der Waals surface area (Å²) < 4.78 is 5.74. The Morgan fingerprint density at radius 2 is 1.96 bits per heavy atom. The Balaban J connectivity index is 1.70. The van der Waals surface area contributed by atoms with E-state index in [-0.39, 0.29) is 11.3 Å². The number of halogens is 2. The third kappa shape index (κ3) is 3.92. The molecule has 1 atom stereocenters. The Hall–Kier alpha value is -1.75. The van der Waals surface area contributed by atoms with E-state index in [1.54, 1.807) is 42.5 Å². The molecule has 0 radical (unpaired) electrons. The highest BCUT2D eigenvalue weighted by Gasteiger charge is 2.35. The molecule has 4 nitrogen and oxygen atoms in total. The van der Waals surface area contributed by atoms with Crippen LogP contribution < -0.4 is 10.5 Å². The van der Waals surface area contributed by atoms with E-state index in [4.69, 9.17) is 33.7 Å². The van der Waals surface area contributed by atoms with E-state index in [1.807, 2.05) is 4.90 Å². The highest BCUT2D eigenvalue weighted by Crippen LogP contribution is 2.35. The number of benzene rings is 2. The predicted molar refractivity (Wildman–Crippen MR) is 101 cm³/mol. The summed E-state index contributed by atoms with van der Waals surface area (Å²) in [4.78, 5) is 14.5. The van der Waals surface area contributed by atoms with Crippen molar-refractivity contribution in [1.29, 1.82) is 0 Å². The Morgan fingerprint density at radius 1 is 1.24 bits per heavy atom. The van der Waals surface area contributed by atoms with Crippen LogP contribution in [-0.2, 0) is 0 Å². The molecule has 0 bridgehead atoms. The molecule has 0 spiro atoms. The standard InChI is InChI=1S/C19H20Cl2N2O2/c1-19(11-22)9-10-23(12-19)18(24)13-5-7-14(8-6-13)25-16-4-2-3-15(20)17(16)21/h2-8H,9-12,22H2,1H3. The van der Waals surface area contributed by atoms with Crippen LogP contribution >= 0.6 is 23.2 Å². The number of hydrogen-bond acceptors (Lipinski definition) is 3. The number of carbonyl (C=O) groups is 1. The average molecular weight is 379 g/mol. The number of hydrogen-bond donors (Lipinski definition) is 1. The molecule has 6 heteroatoms. The van der Waals surface area contributed by atoms with Gasteiger partial charge >= 0.3 is 0 Å². The van der Waals surface area contributed by atoms with Crippen LogP contribution in [0, 0.1) is 5.41 Å². The maximum atomic E-state index is 12.6. The summed E-state index contributed by atoms with van der Waals surface area (Å²) in [5.41, 5.74) is 6.46. The van der Waals surface area contributed by atoms with Crippen LogP contribution in [0.5, 0.6) is 11.5 Å². The van der Waals surface area contributed by atoms with E-state index < -0.39 is 0 Å². The highest BCUT2D eigenvalue weighted by molar-refractivity contribution is 6.42. The molecule has 1 fully saturated rings. The highest BCUT2D eigenvalue weighted by atomic mass is 35.5. The van der Waals surface area contributed by atoms with E-state index in [0.29, 0.717) is 40.2 Å². The topological polar surface area (TPSA) is 55.6 Å². The van der Waals surface area contributed by atoms with Crippen LogP contribution in [0.15, 0.2) is 42.5 Å². The number of amides is 1. The molecule has 2 N–H and O–H groups in total. The van der Waals surface area contributed by atoms with Crippen LogP contribution in [-0.4, -0.2) is 30.4 Å². The van der Waals surface area contributed by atoms with Crippen LogP contribution in [0.1, 0.15) is 23.7 Å². The normalized spacial score (nSPS) is 19.9. The molecule has 25 heavy (non-hydrogen) atoms. The Kier molecular flexibility index (Phi) is 5.23. The summed E-state index contributed by atoms with van der Waals surface area (Å²) in [5.74, 6) is 1.09. The van der Waals surface area contributed by atoms with Gasteiger partial charge in [0.15, 0.2) is 0 Å². The molecule has 3 rings (SSSR count). The van der Waals surface area contributed by atoms with Gasteiger partial charge in [-0.25, -0.2) is 0 Å². The zero-order valence-electron chi connectivity index (χ0n) is 14.0. The number of likely N-dealkylation sites (tertiary alicyclic amines) is 1. The minimum atomic E-state index is 0.0159. The van der Waals surface area contributed by atoms with E-state index in [0.717, 1.165) is 13.0 Å². The van der Waals surface area contributed by atoms with Crippen LogP contribution in [0.4, 0.5) is 0 Å².